The van der Waals surface area contributed by atoms with Gasteiger partial charge in [0.1, 0.15) is 0 Å². The molecule has 0 fully saturated rings. The van der Waals surface area contributed by atoms with Crippen molar-refractivity contribution in [2.75, 3.05) is 14.1 Å². The molecule has 0 aromatic heterocycles. The number of hydrogen-bond donors (Lipinski definition) is 0. The molecule has 8 heavy (non-hydrogen) atoms. The van der Waals surface area contributed by atoms with Gasteiger partial charge in [-0.3, -0.25) is 0 Å². The fourth-order valence-corrected chi connectivity index (χ4v) is 0.328. The van der Waals surface area contributed by atoms with E-state index in [0.29, 0.717) is 5.12 Å². The second-order valence-corrected chi connectivity index (χ2v) is 2.87. The van der Waals surface area contributed by atoms with Crippen LogP contribution in [0.1, 0.15) is 0 Å². The second-order valence-electron chi connectivity index (χ2n) is 1.35. The smallest absolute Gasteiger partial charge is 0.0583 e. The Hall–Kier alpha value is 0. The van der Waals surface area contributed by atoms with Crippen LogP contribution in [0.5, 0.6) is 0 Å². The summed E-state index contributed by atoms with van der Waals surface area (Å²) in [5.74, 6) is 0. The molecule has 0 saturated heterocycles. The Balaban J connectivity index is 3.34. The molecule has 0 unspecified atom stereocenters. The second kappa shape index (κ2) is 3.94. The minimum atomic E-state index is 0.495. The molecule has 0 amide bonds. The van der Waals surface area contributed by atoms with Gasteiger partial charge in [0.25, 0.3) is 0 Å². The zero-order valence-electron chi connectivity index (χ0n) is 4.81. The van der Waals surface area contributed by atoms with Crippen molar-refractivity contribution in [3.63, 3.8) is 0 Å². The molecular formula is C4H8FIN2. The van der Waals surface area contributed by atoms with Crippen LogP contribution in [-0.2, 0) is 0 Å². The molecule has 0 aliphatic rings. The van der Waals surface area contributed by atoms with Gasteiger partial charge in [-0.1, -0.05) is 0 Å². The van der Waals surface area contributed by atoms with E-state index in [4.69, 9.17) is 0 Å². The minimum absolute atomic E-state index is 0.495. The first kappa shape index (κ1) is 8.00. The largest absolute Gasteiger partial charge is 0.323 e. The summed E-state index contributed by atoms with van der Waals surface area (Å²) in [6.07, 6.45) is 2.94. The molecule has 2 nitrogen and oxygen atoms in total. The maximum Gasteiger partial charge on any atom is 0.0583 e. The molecule has 0 aromatic carbocycles. The summed E-state index contributed by atoms with van der Waals surface area (Å²) in [7, 11) is 3.15. The Morgan fingerprint density at radius 2 is 1.88 bits per heavy atom. The first-order chi connectivity index (χ1) is 3.63. The molecule has 0 saturated carbocycles. The maximum absolute atomic E-state index is 11.8. The molecule has 0 radical (unpaired) electrons. The van der Waals surface area contributed by atoms with Crippen molar-refractivity contribution in [1.82, 2.24) is 8.24 Å². The van der Waals surface area contributed by atoms with E-state index in [0.717, 1.165) is 0 Å². The molecule has 0 bridgehead atoms. The van der Waals surface area contributed by atoms with Gasteiger partial charge in [-0.05, 0) is 0 Å². The van der Waals surface area contributed by atoms with E-state index in [1.165, 1.54) is 13.2 Å². The van der Waals surface area contributed by atoms with Crippen LogP contribution in [0, 0.1) is 0 Å². The average molecular weight is 230 g/mol. The molecular weight excluding hydrogens is 222 g/mol. The molecule has 4 heteroatoms. The highest BCUT2D eigenvalue weighted by Gasteiger charge is 1.80. The fourth-order valence-electron chi connectivity index (χ4n) is 0.184. The predicted molar refractivity (Wildman–Crippen MR) is 39.8 cm³/mol. The lowest BCUT2D eigenvalue weighted by atomic mass is 10.9. The first-order valence-corrected chi connectivity index (χ1v) is 3.05. The van der Waals surface area contributed by atoms with Crippen LogP contribution in [0.25, 0.3) is 0 Å². The van der Waals surface area contributed by atoms with E-state index in [1.54, 1.807) is 9.31 Å². The first-order valence-electron chi connectivity index (χ1n) is 2.08. The molecule has 48 valence electrons. The van der Waals surface area contributed by atoms with Gasteiger partial charge < -0.3 is 3.11 Å². The Labute approximate surface area is 62.4 Å². The van der Waals surface area contributed by atoms with Crippen LogP contribution in [0.4, 0.5) is 4.48 Å². The molecule has 0 N–H and O–H groups in total. The van der Waals surface area contributed by atoms with Gasteiger partial charge in [0.05, 0.1) is 22.9 Å². The number of nitrogens with zero attached hydrogens (tertiary/aromatic N) is 2. The molecule has 0 aliphatic heterocycles. The van der Waals surface area contributed by atoms with Crippen LogP contribution in [0.15, 0.2) is 12.4 Å². The Kier molecular flexibility index (Phi) is 3.94. The average Bonchev–Trinajstić information content (AvgIpc) is 1.61. The highest BCUT2D eigenvalue weighted by molar-refractivity contribution is 14.1. The van der Waals surface area contributed by atoms with Crippen LogP contribution < -0.4 is 0 Å². The quantitative estimate of drug-likeness (QED) is 0.524. The summed E-state index contributed by atoms with van der Waals surface area (Å²) in [6, 6.07) is 0. The Morgan fingerprint density at radius 1 is 1.38 bits per heavy atom. The number of hydrogen-bond acceptors (Lipinski definition) is 2. The van der Waals surface area contributed by atoms with Crippen molar-refractivity contribution in [3.05, 3.63) is 12.4 Å². The molecule has 0 heterocycles. The highest BCUT2D eigenvalue weighted by Crippen LogP contribution is 1.94. The zero-order valence-corrected chi connectivity index (χ0v) is 6.96. The molecule has 0 rings (SSSR count). The van der Waals surface area contributed by atoms with Gasteiger partial charge in [-0.15, -0.1) is 4.48 Å². The monoisotopic (exact) mass is 230 g/mol. The lowest BCUT2D eigenvalue weighted by molar-refractivity contribution is 0.127. The SMILES string of the molecule is CN(F)/C=C\N(C)I. The van der Waals surface area contributed by atoms with Gasteiger partial charge >= 0.3 is 0 Å². The lowest BCUT2D eigenvalue weighted by Gasteiger charge is -2.01. The predicted octanol–water partition coefficient (Wildman–Crippen LogP) is 1.56. The van der Waals surface area contributed by atoms with E-state index in [-0.39, 0.29) is 0 Å². The van der Waals surface area contributed by atoms with Gasteiger partial charge in [0, 0.05) is 26.5 Å². The highest BCUT2D eigenvalue weighted by atomic mass is 127. The van der Waals surface area contributed by atoms with Crippen molar-refractivity contribution < 1.29 is 4.48 Å². The summed E-state index contributed by atoms with van der Waals surface area (Å²) in [6.45, 7) is 0. The Bertz CT molecular complexity index is 72.1. The summed E-state index contributed by atoms with van der Waals surface area (Å²) in [5.41, 5.74) is 0. The summed E-state index contributed by atoms with van der Waals surface area (Å²) < 4.78 is 13.5. The third kappa shape index (κ3) is 6.00. The van der Waals surface area contributed by atoms with Crippen molar-refractivity contribution in [3.8, 4) is 0 Å². The van der Waals surface area contributed by atoms with Gasteiger partial charge in [0.15, 0.2) is 0 Å². The third-order valence-corrected chi connectivity index (χ3v) is 0.799. The fraction of sp³-hybridized carbons (Fsp3) is 0.500. The summed E-state index contributed by atoms with van der Waals surface area (Å²) in [4.78, 5) is 0. The van der Waals surface area contributed by atoms with Crippen LogP contribution in [0.2, 0.25) is 0 Å². The van der Waals surface area contributed by atoms with Gasteiger partial charge in [0.2, 0.25) is 0 Å². The van der Waals surface area contributed by atoms with Crippen molar-refractivity contribution >= 4 is 22.9 Å². The lowest BCUT2D eigenvalue weighted by Crippen LogP contribution is -1.97. The number of rotatable bonds is 2. The normalized spacial score (nSPS) is 10.0. The number of halogens is 2. The standard InChI is InChI=1S/C4H8FIN2/c1-7(5)3-4-8(2)6/h3-4H,1-2H3/b4-3-. The van der Waals surface area contributed by atoms with Gasteiger partial charge in [-0.2, -0.15) is 0 Å². The molecule has 0 atom stereocenters. The van der Waals surface area contributed by atoms with Crippen LogP contribution >= 0.6 is 22.9 Å². The maximum atomic E-state index is 11.8. The molecule has 0 spiro atoms. The summed E-state index contributed by atoms with van der Waals surface area (Å²) in [5, 5.41) is 0.495. The summed E-state index contributed by atoms with van der Waals surface area (Å²) >= 11 is 2.03. The van der Waals surface area contributed by atoms with E-state index in [2.05, 4.69) is 0 Å². The van der Waals surface area contributed by atoms with Crippen molar-refractivity contribution in [2.24, 2.45) is 0 Å². The van der Waals surface area contributed by atoms with E-state index in [9.17, 15) is 4.48 Å². The van der Waals surface area contributed by atoms with Crippen LogP contribution in [-0.4, -0.2) is 22.3 Å². The molecule has 0 aromatic rings. The van der Waals surface area contributed by atoms with Crippen molar-refractivity contribution in [2.45, 2.75) is 0 Å². The van der Waals surface area contributed by atoms with E-state index in [1.807, 2.05) is 29.9 Å². The topological polar surface area (TPSA) is 6.48 Å². The van der Waals surface area contributed by atoms with Gasteiger partial charge in [-0.25, -0.2) is 5.12 Å². The van der Waals surface area contributed by atoms with Crippen LogP contribution in [0.3, 0.4) is 0 Å². The van der Waals surface area contributed by atoms with E-state index < -0.39 is 0 Å². The zero-order chi connectivity index (χ0) is 6.57. The minimum Gasteiger partial charge on any atom is -0.323 e. The third-order valence-electron chi connectivity index (χ3n) is 0.477. The van der Waals surface area contributed by atoms with Crippen molar-refractivity contribution in [1.29, 1.82) is 0 Å². The molecule has 0 aliphatic carbocycles. The Morgan fingerprint density at radius 3 is 2.00 bits per heavy atom. The van der Waals surface area contributed by atoms with E-state index >= 15 is 0 Å².